The van der Waals surface area contributed by atoms with Gasteiger partial charge in [0, 0.05) is 12.6 Å². The number of aromatic nitrogens is 1. The monoisotopic (exact) mass is 295 g/mol. The van der Waals surface area contributed by atoms with E-state index in [0.717, 1.165) is 12.2 Å². The highest BCUT2D eigenvalue weighted by Gasteiger charge is 2.22. The number of hydrogen-bond acceptors (Lipinski definition) is 3. The van der Waals surface area contributed by atoms with Gasteiger partial charge in [-0.1, -0.05) is 20.8 Å². The van der Waals surface area contributed by atoms with Crippen LogP contribution in [0.3, 0.4) is 0 Å². The molecule has 0 amide bonds. The number of nitrogens with one attached hydrogen (secondary N) is 1. The third-order valence-electron chi connectivity index (χ3n) is 4.09. The summed E-state index contributed by atoms with van der Waals surface area (Å²) in [4.78, 5) is 6.62. The molecule has 3 atom stereocenters. The fourth-order valence-electron chi connectivity index (χ4n) is 2.90. The molecular formula is C17H30FN3. The predicted octanol–water partition coefficient (Wildman–Crippen LogP) is 3.48. The number of halogens is 1. The summed E-state index contributed by atoms with van der Waals surface area (Å²) < 4.78 is 13.0. The maximum absolute atomic E-state index is 13.0. The normalized spacial score (nSPS) is 16.2. The summed E-state index contributed by atoms with van der Waals surface area (Å²) in [5.41, 5.74) is 0.899. The summed E-state index contributed by atoms with van der Waals surface area (Å²) in [6.07, 6.45) is 2.49. The first-order valence-corrected chi connectivity index (χ1v) is 7.84. The summed E-state index contributed by atoms with van der Waals surface area (Å²) in [7, 11) is 4.11. The zero-order valence-electron chi connectivity index (χ0n) is 14.2. The molecule has 0 saturated heterocycles. The molecule has 0 radical (unpaired) electrons. The first-order valence-electron chi connectivity index (χ1n) is 7.84. The molecule has 0 spiro atoms. The number of nitrogens with zero attached hydrogens (tertiary/aromatic N) is 2. The van der Waals surface area contributed by atoms with Crippen molar-refractivity contribution in [3.8, 4) is 0 Å². The van der Waals surface area contributed by atoms with Crippen molar-refractivity contribution in [2.24, 2.45) is 11.8 Å². The predicted molar refractivity (Wildman–Crippen MR) is 86.7 cm³/mol. The van der Waals surface area contributed by atoms with E-state index in [2.05, 4.69) is 49.9 Å². The van der Waals surface area contributed by atoms with Crippen molar-refractivity contribution in [1.29, 1.82) is 0 Å². The lowest BCUT2D eigenvalue weighted by atomic mass is 9.96. The molecule has 120 valence electrons. The van der Waals surface area contributed by atoms with E-state index in [0.29, 0.717) is 17.9 Å². The molecule has 4 heteroatoms. The van der Waals surface area contributed by atoms with Crippen molar-refractivity contribution in [3.05, 3.63) is 29.8 Å². The van der Waals surface area contributed by atoms with Crippen molar-refractivity contribution in [2.75, 3.05) is 20.6 Å². The highest BCUT2D eigenvalue weighted by Crippen LogP contribution is 2.22. The Labute approximate surface area is 129 Å². The van der Waals surface area contributed by atoms with Crippen molar-refractivity contribution in [2.45, 2.75) is 46.2 Å². The summed E-state index contributed by atoms with van der Waals surface area (Å²) in [5.74, 6) is 0.813. The molecule has 0 aromatic carbocycles. The van der Waals surface area contributed by atoms with E-state index >= 15 is 0 Å². The molecule has 1 aromatic heterocycles. The minimum absolute atomic E-state index is 0.138. The minimum Gasteiger partial charge on any atom is -0.311 e. The molecule has 1 rings (SSSR count). The number of hydrogen-bond donors (Lipinski definition) is 1. The molecule has 0 bridgehead atoms. The first-order chi connectivity index (χ1) is 9.85. The van der Waals surface area contributed by atoms with Crippen LogP contribution in [0.25, 0.3) is 0 Å². The molecular weight excluding hydrogens is 265 g/mol. The lowest BCUT2D eigenvalue weighted by Crippen LogP contribution is -2.38. The zero-order valence-corrected chi connectivity index (χ0v) is 14.2. The molecule has 0 saturated carbocycles. The average molecular weight is 295 g/mol. The van der Waals surface area contributed by atoms with Crippen LogP contribution in [-0.4, -0.2) is 36.6 Å². The van der Waals surface area contributed by atoms with Crippen LogP contribution in [0.1, 0.15) is 45.9 Å². The van der Waals surface area contributed by atoms with Crippen LogP contribution in [0.2, 0.25) is 0 Å². The average Bonchev–Trinajstić information content (AvgIpc) is 2.40. The van der Waals surface area contributed by atoms with E-state index in [-0.39, 0.29) is 11.9 Å². The second-order valence-corrected chi connectivity index (χ2v) is 6.56. The molecule has 1 N–H and O–H groups in total. The van der Waals surface area contributed by atoms with Gasteiger partial charge in [0.05, 0.1) is 17.9 Å². The van der Waals surface area contributed by atoms with Gasteiger partial charge < -0.3 is 10.2 Å². The Hall–Kier alpha value is -1.00. The molecule has 0 fully saturated rings. The van der Waals surface area contributed by atoms with Crippen LogP contribution in [0.5, 0.6) is 0 Å². The van der Waals surface area contributed by atoms with Gasteiger partial charge in [0.15, 0.2) is 0 Å². The summed E-state index contributed by atoms with van der Waals surface area (Å²) in [6, 6.07) is 3.94. The number of pyridine rings is 1. The lowest BCUT2D eigenvalue weighted by Gasteiger charge is -2.32. The summed E-state index contributed by atoms with van der Waals surface area (Å²) >= 11 is 0. The van der Waals surface area contributed by atoms with Crippen molar-refractivity contribution in [1.82, 2.24) is 15.2 Å². The highest BCUT2D eigenvalue weighted by atomic mass is 19.1. The van der Waals surface area contributed by atoms with Gasteiger partial charge in [-0.2, -0.15) is 0 Å². The van der Waals surface area contributed by atoms with Gasteiger partial charge in [-0.05, 0) is 51.4 Å². The third-order valence-corrected chi connectivity index (χ3v) is 4.09. The topological polar surface area (TPSA) is 28.2 Å². The van der Waals surface area contributed by atoms with E-state index < -0.39 is 0 Å². The Kier molecular flexibility index (Phi) is 7.26. The second kappa shape index (κ2) is 8.44. The molecule has 21 heavy (non-hydrogen) atoms. The Bertz CT molecular complexity index is 405. The van der Waals surface area contributed by atoms with Gasteiger partial charge in [-0.3, -0.25) is 4.98 Å². The standard InChI is InChI=1S/C17H30FN3/c1-12(2)9-14(4)21(6)11-13(3)17(19-5)16-8-7-15(18)10-20-16/h7-8,10,12-14,17,19H,9,11H2,1-6H3. The van der Waals surface area contributed by atoms with Crippen LogP contribution in [0.15, 0.2) is 18.3 Å². The van der Waals surface area contributed by atoms with Gasteiger partial charge in [-0.15, -0.1) is 0 Å². The Morgan fingerprint density at radius 3 is 2.38 bits per heavy atom. The molecule has 0 aliphatic carbocycles. The summed E-state index contributed by atoms with van der Waals surface area (Å²) in [5, 5.41) is 3.31. The van der Waals surface area contributed by atoms with Gasteiger partial charge in [0.2, 0.25) is 0 Å². The number of rotatable bonds is 8. The van der Waals surface area contributed by atoms with E-state index in [1.807, 2.05) is 7.05 Å². The first kappa shape index (κ1) is 18.1. The SMILES string of the molecule is CNC(c1ccc(F)cn1)C(C)CN(C)C(C)CC(C)C. The Balaban J connectivity index is 2.66. The summed E-state index contributed by atoms with van der Waals surface area (Å²) in [6.45, 7) is 9.99. The van der Waals surface area contributed by atoms with E-state index in [4.69, 9.17) is 0 Å². The fraction of sp³-hybridized carbons (Fsp3) is 0.706. The molecule has 0 aliphatic heterocycles. The molecule has 0 aliphatic rings. The minimum atomic E-state index is -0.288. The van der Waals surface area contributed by atoms with Crippen molar-refractivity contribution < 1.29 is 4.39 Å². The van der Waals surface area contributed by atoms with Crippen LogP contribution in [0.4, 0.5) is 4.39 Å². The molecule has 3 nitrogen and oxygen atoms in total. The Morgan fingerprint density at radius 2 is 1.90 bits per heavy atom. The Morgan fingerprint density at radius 1 is 1.24 bits per heavy atom. The zero-order chi connectivity index (χ0) is 16.0. The lowest BCUT2D eigenvalue weighted by molar-refractivity contribution is 0.183. The van der Waals surface area contributed by atoms with Crippen molar-refractivity contribution in [3.63, 3.8) is 0 Å². The van der Waals surface area contributed by atoms with Gasteiger partial charge >= 0.3 is 0 Å². The third kappa shape index (κ3) is 5.71. The second-order valence-electron chi connectivity index (χ2n) is 6.56. The van der Waals surface area contributed by atoms with Crippen LogP contribution < -0.4 is 5.32 Å². The van der Waals surface area contributed by atoms with E-state index in [9.17, 15) is 4.39 Å². The van der Waals surface area contributed by atoms with Crippen molar-refractivity contribution >= 4 is 0 Å². The van der Waals surface area contributed by atoms with Crippen LogP contribution in [0, 0.1) is 17.7 Å². The fourth-order valence-corrected chi connectivity index (χ4v) is 2.90. The quantitative estimate of drug-likeness (QED) is 0.796. The van der Waals surface area contributed by atoms with E-state index in [1.54, 1.807) is 6.07 Å². The maximum Gasteiger partial charge on any atom is 0.141 e. The molecule has 1 aromatic rings. The van der Waals surface area contributed by atoms with Gasteiger partial charge in [0.1, 0.15) is 5.82 Å². The smallest absolute Gasteiger partial charge is 0.141 e. The van der Waals surface area contributed by atoms with Crippen LogP contribution >= 0.6 is 0 Å². The maximum atomic E-state index is 13.0. The van der Waals surface area contributed by atoms with Gasteiger partial charge in [0.25, 0.3) is 0 Å². The van der Waals surface area contributed by atoms with Crippen LogP contribution in [-0.2, 0) is 0 Å². The van der Waals surface area contributed by atoms with E-state index in [1.165, 1.54) is 18.7 Å². The molecule has 1 heterocycles. The highest BCUT2D eigenvalue weighted by molar-refractivity contribution is 5.10. The largest absolute Gasteiger partial charge is 0.311 e. The van der Waals surface area contributed by atoms with Gasteiger partial charge in [-0.25, -0.2) is 4.39 Å². The molecule has 3 unspecified atom stereocenters.